The molecular weight excluding hydrogens is 444 g/mol. The number of ether oxygens (including phenoxy) is 2. The van der Waals surface area contributed by atoms with E-state index in [0.717, 1.165) is 10.6 Å². The first-order valence-corrected chi connectivity index (χ1v) is 11.8. The van der Waals surface area contributed by atoms with Gasteiger partial charge in [0.2, 0.25) is 15.9 Å². The van der Waals surface area contributed by atoms with Crippen LogP contribution in [0.3, 0.4) is 0 Å². The quantitative estimate of drug-likeness (QED) is 0.563. The molecule has 2 rings (SSSR count). The van der Waals surface area contributed by atoms with E-state index in [9.17, 15) is 18.0 Å². The Balaban J connectivity index is 2.28. The topological polar surface area (TPSA) is 102 Å². The summed E-state index contributed by atoms with van der Waals surface area (Å²) >= 11 is 6.04. The van der Waals surface area contributed by atoms with Crippen molar-refractivity contribution < 1.29 is 27.5 Å². The van der Waals surface area contributed by atoms with Gasteiger partial charge in [0.1, 0.15) is 11.8 Å². The Labute approximate surface area is 187 Å². The average molecular weight is 469 g/mol. The molecule has 2 aromatic rings. The maximum Gasteiger partial charge on any atom is 0.339 e. The number of amides is 1. The monoisotopic (exact) mass is 468 g/mol. The summed E-state index contributed by atoms with van der Waals surface area (Å²) < 4.78 is 36.2. The number of hydrogen-bond donors (Lipinski definition) is 1. The SMILES string of the molecule is CCOC(=O)c1cc(NC(=O)[C@@H](C)N(c2ccc(OCC)cc2)S(C)(=O)=O)ccc1Cl. The van der Waals surface area contributed by atoms with Crippen molar-refractivity contribution in [3.8, 4) is 5.75 Å². The molecule has 1 atom stereocenters. The Bertz CT molecular complexity index is 1040. The third kappa shape index (κ3) is 6.35. The van der Waals surface area contributed by atoms with Crippen LogP contribution < -0.4 is 14.4 Å². The molecule has 0 aliphatic carbocycles. The third-order valence-corrected chi connectivity index (χ3v) is 5.79. The molecule has 0 fully saturated rings. The molecule has 1 amide bonds. The highest BCUT2D eigenvalue weighted by Crippen LogP contribution is 2.26. The van der Waals surface area contributed by atoms with Crippen LogP contribution in [0.1, 0.15) is 31.1 Å². The zero-order chi connectivity index (χ0) is 23.2. The third-order valence-electron chi connectivity index (χ3n) is 4.22. The smallest absolute Gasteiger partial charge is 0.339 e. The van der Waals surface area contributed by atoms with Crippen LogP contribution in [-0.4, -0.2) is 45.8 Å². The minimum absolute atomic E-state index is 0.0976. The number of nitrogens with one attached hydrogen (secondary N) is 1. The number of carbonyl (C=O) groups is 2. The summed E-state index contributed by atoms with van der Waals surface area (Å²) in [5.74, 6) is -0.621. The molecule has 0 aliphatic rings. The zero-order valence-corrected chi connectivity index (χ0v) is 19.3. The van der Waals surface area contributed by atoms with Crippen LogP contribution in [0.5, 0.6) is 5.75 Å². The molecule has 0 unspecified atom stereocenters. The molecule has 0 aliphatic heterocycles. The van der Waals surface area contributed by atoms with Crippen molar-refractivity contribution in [1.82, 2.24) is 0 Å². The van der Waals surface area contributed by atoms with E-state index in [0.29, 0.717) is 18.0 Å². The van der Waals surface area contributed by atoms with Gasteiger partial charge in [-0.3, -0.25) is 9.10 Å². The second kappa shape index (κ2) is 10.5. The standard InChI is InChI=1S/C21H25ClN2O6S/c1-5-29-17-10-8-16(9-11-17)24(31(4,27)28)14(3)20(25)23-15-7-12-19(22)18(13-15)21(26)30-6-2/h7-14H,5-6H2,1-4H3,(H,23,25)/t14-/m1/s1. The van der Waals surface area contributed by atoms with Crippen LogP contribution in [-0.2, 0) is 19.6 Å². The van der Waals surface area contributed by atoms with E-state index in [2.05, 4.69) is 5.32 Å². The molecule has 0 saturated heterocycles. The van der Waals surface area contributed by atoms with E-state index in [4.69, 9.17) is 21.1 Å². The lowest BCUT2D eigenvalue weighted by Gasteiger charge is -2.28. The number of halogens is 1. The van der Waals surface area contributed by atoms with E-state index in [-0.39, 0.29) is 22.9 Å². The van der Waals surface area contributed by atoms with Gasteiger partial charge < -0.3 is 14.8 Å². The zero-order valence-electron chi connectivity index (χ0n) is 17.7. The van der Waals surface area contributed by atoms with Crippen LogP contribution in [0, 0.1) is 0 Å². The summed E-state index contributed by atoms with van der Waals surface area (Å²) in [4.78, 5) is 24.9. The number of hydrogen-bond acceptors (Lipinski definition) is 6. The lowest BCUT2D eigenvalue weighted by molar-refractivity contribution is -0.116. The van der Waals surface area contributed by atoms with Crippen molar-refractivity contribution in [2.45, 2.75) is 26.8 Å². The highest BCUT2D eigenvalue weighted by molar-refractivity contribution is 7.92. The first kappa shape index (κ1) is 24.5. The number of rotatable bonds is 9. The number of nitrogens with zero attached hydrogens (tertiary/aromatic N) is 1. The molecule has 0 radical (unpaired) electrons. The van der Waals surface area contributed by atoms with Crippen LogP contribution in [0.25, 0.3) is 0 Å². The van der Waals surface area contributed by atoms with Gasteiger partial charge in [-0.2, -0.15) is 0 Å². The van der Waals surface area contributed by atoms with E-state index < -0.39 is 27.9 Å². The lowest BCUT2D eigenvalue weighted by Crippen LogP contribution is -2.45. The first-order valence-electron chi connectivity index (χ1n) is 9.58. The van der Waals surface area contributed by atoms with Gasteiger partial charge in [-0.05, 0) is 63.2 Å². The van der Waals surface area contributed by atoms with Gasteiger partial charge in [0, 0.05) is 5.69 Å². The number of carbonyl (C=O) groups excluding carboxylic acids is 2. The van der Waals surface area contributed by atoms with Gasteiger partial charge in [0.05, 0.1) is 35.7 Å². The molecule has 1 N–H and O–H groups in total. The second-order valence-corrected chi connectivity index (χ2v) is 8.83. The number of sulfonamides is 1. The van der Waals surface area contributed by atoms with Crippen LogP contribution >= 0.6 is 11.6 Å². The van der Waals surface area contributed by atoms with Gasteiger partial charge in [-0.1, -0.05) is 11.6 Å². The lowest BCUT2D eigenvalue weighted by atomic mass is 10.2. The summed E-state index contributed by atoms with van der Waals surface area (Å²) in [6, 6.07) is 9.67. The van der Waals surface area contributed by atoms with Gasteiger partial charge in [-0.25, -0.2) is 13.2 Å². The minimum Gasteiger partial charge on any atom is -0.494 e. The van der Waals surface area contributed by atoms with E-state index >= 15 is 0 Å². The predicted octanol–water partition coefficient (Wildman–Crippen LogP) is 3.71. The van der Waals surface area contributed by atoms with Gasteiger partial charge >= 0.3 is 5.97 Å². The van der Waals surface area contributed by atoms with E-state index in [1.807, 2.05) is 6.92 Å². The molecule has 168 valence electrons. The summed E-state index contributed by atoms with van der Waals surface area (Å²) in [6.45, 7) is 5.62. The highest BCUT2D eigenvalue weighted by Gasteiger charge is 2.29. The Morgan fingerprint density at radius 3 is 2.29 bits per heavy atom. The average Bonchev–Trinajstić information content (AvgIpc) is 2.70. The highest BCUT2D eigenvalue weighted by atomic mass is 35.5. The molecule has 31 heavy (non-hydrogen) atoms. The molecule has 0 bridgehead atoms. The summed E-state index contributed by atoms with van der Waals surface area (Å²) in [5, 5.41) is 2.80. The van der Waals surface area contributed by atoms with E-state index in [1.54, 1.807) is 31.2 Å². The summed E-state index contributed by atoms with van der Waals surface area (Å²) in [5.41, 5.74) is 0.696. The van der Waals surface area contributed by atoms with Crippen molar-refractivity contribution in [2.24, 2.45) is 0 Å². The Morgan fingerprint density at radius 1 is 1.10 bits per heavy atom. The number of benzene rings is 2. The molecule has 10 heteroatoms. The molecule has 0 spiro atoms. The molecule has 0 aromatic heterocycles. The second-order valence-electron chi connectivity index (χ2n) is 6.57. The Morgan fingerprint density at radius 2 is 1.74 bits per heavy atom. The van der Waals surface area contributed by atoms with Crippen LogP contribution in [0.15, 0.2) is 42.5 Å². The number of anilines is 2. The Hall–Kier alpha value is -2.78. The van der Waals surface area contributed by atoms with Gasteiger partial charge in [0.25, 0.3) is 0 Å². The largest absolute Gasteiger partial charge is 0.494 e. The fourth-order valence-electron chi connectivity index (χ4n) is 2.88. The molecule has 2 aromatic carbocycles. The Kier molecular flexibility index (Phi) is 8.29. The maximum absolute atomic E-state index is 12.8. The van der Waals surface area contributed by atoms with Crippen molar-refractivity contribution in [2.75, 3.05) is 29.1 Å². The van der Waals surface area contributed by atoms with Crippen LogP contribution in [0.2, 0.25) is 5.02 Å². The van der Waals surface area contributed by atoms with Crippen molar-refractivity contribution in [3.63, 3.8) is 0 Å². The predicted molar refractivity (Wildman–Crippen MR) is 120 cm³/mol. The normalized spacial score (nSPS) is 12.0. The molecule has 0 heterocycles. The molecular formula is C21H25ClN2O6S. The first-order chi connectivity index (χ1) is 14.6. The fourth-order valence-corrected chi connectivity index (χ4v) is 4.25. The van der Waals surface area contributed by atoms with E-state index in [1.165, 1.54) is 25.1 Å². The maximum atomic E-state index is 12.8. The summed E-state index contributed by atoms with van der Waals surface area (Å²) in [6.07, 6.45) is 1.02. The van der Waals surface area contributed by atoms with Crippen molar-refractivity contribution in [1.29, 1.82) is 0 Å². The van der Waals surface area contributed by atoms with Crippen molar-refractivity contribution >= 4 is 44.9 Å². The molecule has 0 saturated carbocycles. The number of esters is 1. The van der Waals surface area contributed by atoms with Crippen molar-refractivity contribution in [3.05, 3.63) is 53.1 Å². The van der Waals surface area contributed by atoms with Gasteiger partial charge in [-0.15, -0.1) is 0 Å². The van der Waals surface area contributed by atoms with Crippen LogP contribution in [0.4, 0.5) is 11.4 Å². The summed E-state index contributed by atoms with van der Waals surface area (Å²) in [7, 11) is -3.78. The fraction of sp³-hybridized carbons (Fsp3) is 0.333. The molecule has 8 nitrogen and oxygen atoms in total. The van der Waals surface area contributed by atoms with Gasteiger partial charge in [0.15, 0.2) is 0 Å². The minimum atomic E-state index is -3.78.